The topological polar surface area (TPSA) is 6.48 Å². The van der Waals surface area contributed by atoms with Crippen LogP contribution in [0.3, 0.4) is 0 Å². The predicted molar refractivity (Wildman–Crippen MR) is 137 cm³/mol. The zero-order valence-electron chi connectivity index (χ0n) is 17.7. The number of hydrogen-bond donors (Lipinski definition) is 0. The highest BCUT2D eigenvalue weighted by molar-refractivity contribution is 7.80. The maximum atomic E-state index is 5.42. The van der Waals surface area contributed by atoms with Crippen LogP contribution in [-0.4, -0.2) is 21.1 Å². The highest BCUT2D eigenvalue weighted by Crippen LogP contribution is 2.35. The lowest BCUT2D eigenvalue weighted by atomic mass is 10.1. The Morgan fingerprint density at radius 3 is 1.24 bits per heavy atom. The van der Waals surface area contributed by atoms with Gasteiger partial charge in [0.1, 0.15) is 0 Å². The van der Waals surface area contributed by atoms with Gasteiger partial charge in [0, 0.05) is 35.3 Å². The van der Waals surface area contributed by atoms with Crippen LogP contribution in [0.25, 0.3) is 0 Å². The third kappa shape index (κ3) is 4.87. The van der Waals surface area contributed by atoms with E-state index in [9.17, 15) is 0 Å². The number of anilines is 2. The van der Waals surface area contributed by atoms with Crippen molar-refractivity contribution < 1.29 is 0 Å². The van der Waals surface area contributed by atoms with E-state index >= 15 is 0 Å². The maximum absolute atomic E-state index is 5.42. The molecule has 0 atom stereocenters. The predicted octanol–water partition coefficient (Wildman–Crippen LogP) is 6.99. The summed E-state index contributed by atoms with van der Waals surface area (Å²) in [6.07, 6.45) is 1.84. The van der Waals surface area contributed by atoms with Gasteiger partial charge in [-0.05, 0) is 64.8 Å². The fourth-order valence-corrected chi connectivity index (χ4v) is 5.04. The monoisotopic (exact) mass is 426 g/mol. The van der Waals surface area contributed by atoms with E-state index in [1.807, 2.05) is 0 Å². The number of para-hydroxylation sites is 2. The second kappa shape index (κ2) is 8.53. The van der Waals surface area contributed by atoms with Crippen molar-refractivity contribution in [3.8, 4) is 0 Å². The van der Waals surface area contributed by atoms with Crippen LogP contribution >= 0.6 is 24.4 Å². The Morgan fingerprint density at radius 1 is 0.621 bits per heavy atom. The van der Waals surface area contributed by atoms with Crippen molar-refractivity contribution in [1.29, 1.82) is 0 Å². The Morgan fingerprint density at radius 2 is 0.931 bits per heavy atom. The molecule has 2 aliphatic rings. The summed E-state index contributed by atoms with van der Waals surface area (Å²) in [7, 11) is 0. The molecule has 0 radical (unpaired) electrons. The average Bonchev–Trinajstić information content (AvgIpc) is 3.09. The minimum atomic E-state index is 0. The van der Waals surface area contributed by atoms with Crippen LogP contribution < -0.4 is 9.80 Å². The van der Waals surface area contributed by atoms with E-state index in [0.717, 1.165) is 22.8 Å². The number of hydrogen-bond acceptors (Lipinski definition) is 2. The minimum absolute atomic E-state index is 0. The molecular formula is C25H34N2S2. The van der Waals surface area contributed by atoms with Gasteiger partial charge in [-0.3, -0.25) is 0 Å². The van der Waals surface area contributed by atoms with E-state index in [0.29, 0.717) is 0 Å². The Labute approximate surface area is 187 Å². The molecule has 0 aromatic heterocycles. The van der Waals surface area contributed by atoms with Gasteiger partial charge in [0.2, 0.25) is 0 Å². The molecule has 4 heteroatoms. The summed E-state index contributed by atoms with van der Waals surface area (Å²) in [6, 6.07) is 16.9. The fraction of sp³-hybridized carbons (Fsp3) is 0.440. The van der Waals surface area contributed by atoms with E-state index in [-0.39, 0.29) is 18.5 Å². The van der Waals surface area contributed by atoms with E-state index < -0.39 is 0 Å². The lowest BCUT2D eigenvalue weighted by molar-refractivity contribution is 0.576. The summed E-state index contributed by atoms with van der Waals surface area (Å²) in [5.74, 6) is 0. The van der Waals surface area contributed by atoms with Gasteiger partial charge in [-0.15, -0.1) is 0 Å². The summed E-state index contributed by atoms with van der Waals surface area (Å²) in [5.41, 5.74) is 5.45. The van der Waals surface area contributed by atoms with E-state index in [4.69, 9.17) is 24.4 Å². The van der Waals surface area contributed by atoms with Gasteiger partial charge in [-0.25, -0.2) is 0 Å². The molecule has 0 saturated carbocycles. The number of thiocarbonyl (C=S) groups is 2. The van der Waals surface area contributed by atoms with Crippen molar-refractivity contribution in [2.45, 2.75) is 72.9 Å². The van der Waals surface area contributed by atoms with Crippen molar-refractivity contribution in [3.05, 3.63) is 59.7 Å². The smallest absolute Gasteiger partial charge is 0.0873 e. The molecule has 0 bridgehead atoms. The highest BCUT2D eigenvalue weighted by Gasteiger charge is 2.32. The summed E-state index contributed by atoms with van der Waals surface area (Å²) in [4.78, 5) is 6.60. The zero-order valence-corrected chi connectivity index (χ0v) is 19.4. The molecule has 2 aromatic carbocycles. The number of benzene rings is 2. The second-order valence-electron chi connectivity index (χ2n) is 9.41. The normalized spacial score (nSPS) is 15.4. The van der Waals surface area contributed by atoms with Gasteiger partial charge >= 0.3 is 0 Å². The minimum Gasteiger partial charge on any atom is -0.330 e. The lowest BCUT2D eigenvalue weighted by Gasteiger charge is -2.34. The number of fused-ring (bicyclic) bond motifs is 2. The first-order valence-electron chi connectivity index (χ1n) is 9.82. The fourth-order valence-electron chi connectivity index (χ4n) is 3.98. The van der Waals surface area contributed by atoms with E-state index in [1.165, 1.54) is 22.5 Å². The Bertz CT molecular complexity index is 828. The van der Waals surface area contributed by atoms with Crippen LogP contribution in [0.1, 0.15) is 60.1 Å². The van der Waals surface area contributed by atoms with Crippen LogP contribution in [0, 0.1) is 0 Å². The van der Waals surface area contributed by atoms with Crippen LogP contribution in [0.4, 0.5) is 11.4 Å². The van der Waals surface area contributed by atoms with Crippen molar-refractivity contribution in [1.82, 2.24) is 0 Å². The van der Waals surface area contributed by atoms with Gasteiger partial charge in [0.25, 0.3) is 0 Å². The van der Waals surface area contributed by atoms with E-state index in [1.54, 1.807) is 0 Å². The molecule has 0 amide bonds. The van der Waals surface area contributed by atoms with Crippen molar-refractivity contribution in [2.75, 3.05) is 9.80 Å². The Balaban J connectivity index is 0.000000200. The molecule has 29 heavy (non-hydrogen) atoms. The first-order valence-corrected chi connectivity index (χ1v) is 10.6. The van der Waals surface area contributed by atoms with Gasteiger partial charge in [-0.1, -0.05) is 68.3 Å². The molecule has 0 aliphatic carbocycles. The molecule has 0 spiro atoms. The third-order valence-electron chi connectivity index (χ3n) is 4.99. The van der Waals surface area contributed by atoms with Gasteiger partial charge in [0.15, 0.2) is 0 Å². The molecule has 0 saturated heterocycles. The maximum Gasteiger partial charge on any atom is 0.0873 e. The molecule has 0 N–H and O–H groups in total. The molecule has 0 fully saturated rings. The Kier molecular flexibility index (Phi) is 6.91. The number of nitrogens with zero attached hydrogens (tertiary/aromatic N) is 2. The standard InChI is InChI=1S/2C12H15NS.CH4/c2*1-12(2,3)13-10-7-5-4-6-9(10)8-11(13)14;/h2*4-7H,8H2,1-3H3;1H4. The first kappa shape index (κ1) is 23.5. The summed E-state index contributed by atoms with van der Waals surface area (Å²) < 4.78 is 0. The van der Waals surface area contributed by atoms with Crippen LogP contribution in [0.2, 0.25) is 0 Å². The zero-order chi connectivity index (χ0) is 20.7. The molecule has 2 aromatic rings. The molecule has 156 valence electrons. The van der Waals surface area contributed by atoms with Crippen molar-refractivity contribution in [2.24, 2.45) is 0 Å². The van der Waals surface area contributed by atoms with Gasteiger partial charge in [-0.2, -0.15) is 0 Å². The van der Waals surface area contributed by atoms with E-state index in [2.05, 4.69) is 99.9 Å². The summed E-state index contributed by atoms with van der Waals surface area (Å²) in [5, 5.41) is 0. The molecule has 2 nitrogen and oxygen atoms in total. The first-order chi connectivity index (χ1) is 13.0. The molecule has 2 aliphatic heterocycles. The van der Waals surface area contributed by atoms with Gasteiger partial charge in [0.05, 0.1) is 9.98 Å². The number of rotatable bonds is 0. The largest absolute Gasteiger partial charge is 0.330 e. The Hall–Kier alpha value is -1.78. The summed E-state index contributed by atoms with van der Waals surface area (Å²) in [6.45, 7) is 13.2. The average molecular weight is 427 g/mol. The molecule has 4 rings (SSSR count). The third-order valence-corrected chi connectivity index (χ3v) is 5.64. The SMILES string of the molecule is C.CC(C)(C)N1C(=S)Cc2ccccc21.CC(C)(C)N1C(=S)Cc2ccccc21. The summed E-state index contributed by atoms with van der Waals surface area (Å²) >= 11 is 10.8. The van der Waals surface area contributed by atoms with Crippen LogP contribution in [-0.2, 0) is 12.8 Å². The van der Waals surface area contributed by atoms with Gasteiger partial charge < -0.3 is 9.80 Å². The molecule has 2 heterocycles. The molecular weight excluding hydrogens is 392 g/mol. The highest BCUT2D eigenvalue weighted by atomic mass is 32.1. The van der Waals surface area contributed by atoms with Crippen molar-refractivity contribution >= 4 is 45.8 Å². The quantitative estimate of drug-likeness (QED) is 0.419. The van der Waals surface area contributed by atoms with Crippen molar-refractivity contribution in [3.63, 3.8) is 0 Å². The molecule has 0 unspecified atom stereocenters. The second-order valence-corrected chi connectivity index (χ2v) is 10.4. The van der Waals surface area contributed by atoms with Crippen LogP contribution in [0.5, 0.6) is 0 Å². The lowest BCUT2D eigenvalue weighted by Crippen LogP contribution is -2.42. The van der Waals surface area contributed by atoms with Crippen LogP contribution in [0.15, 0.2) is 48.5 Å².